The first-order valence-electron chi connectivity index (χ1n) is 8.15. The second kappa shape index (κ2) is 5.79. The minimum Gasteiger partial charge on any atom is -0.488 e. The Morgan fingerprint density at radius 1 is 1.15 bits per heavy atom. The summed E-state index contributed by atoms with van der Waals surface area (Å²) in [5.41, 5.74) is 2.66. The molecule has 1 aliphatic rings. The molecule has 0 aliphatic heterocycles. The van der Waals surface area contributed by atoms with Crippen LogP contribution in [0.3, 0.4) is 0 Å². The van der Waals surface area contributed by atoms with E-state index >= 15 is 0 Å². The SMILES string of the molecule is CCC(C)c1cccc([C@@H](C)C2CC2)c1OC(C)(C)C. The number of ether oxygens (including phenoxy) is 1. The summed E-state index contributed by atoms with van der Waals surface area (Å²) in [5, 5.41) is 0. The van der Waals surface area contributed by atoms with Gasteiger partial charge < -0.3 is 4.74 Å². The van der Waals surface area contributed by atoms with Gasteiger partial charge in [-0.05, 0) is 68.9 Å². The fraction of sp³-hybridized carbons (Fsp3) is 0.684. The molecule has 1 nitrogen and oxygen atoms in total. The van der Waals surface area contributed by atoms with Crippen molar-refractivity contribution in [2.75, 3.05) is 0 Å². The van der Waals surface area contributed by atoms with E-state index in [0.29, 0.717) is 11.8 Å². The van der Waals surface area contributed by atoms with E-state index in [0.717, 1.165) is 18.1 Å². The molecule has 0 bridgehead atoms. The van der Waals surface area contributed by atoms with Crippen LogP contribution in [0.15, 0.2) is 18.2 Å². The van der Waals surface area contributed by atoms with Gasteiger partial charge in [-0.25, -0.2) is 0 Å². The van der Waals surface area contributed by atoms with E-state index < -0.39 is 0 Å². The molecular formula is C19H30O. The summed E-state index contributed by atoms with van der Waals surface area (Å²) in [6, 6.07) is 6.74. The van der Waals surface area contributed by atoms with Crippen molar-refractivity contribution in [1.82, 2.24) is 0 Å². The Balaban J connectivity index is 2.43. The maximum Gasteiger partial charge on any atom is 0.127 e. The molecule has 1 unspecified atom stereocenters. The predicted octanol–water partition coefficient (Wildman–Crippen LogP) is 5.89. The number of para-hydroxylation sites is 1. The van der Waals surface area contributed by atoms with E-state index in [9.17, 15) is 0 Å². The summed E-state index contributed by atoms with van der Waals surface area (Å²) < 4.78 is 6.39. The third-order valence-electron chi connectivity index (χ3n) is 4.45. The Kier molecular flexibility index (Phi) is 4.46. The Bertz CT molecular complexity index is 451. The van der Waals surface area contributed by atoms with Crippen LogP contribution in [0, 0.1) is 5.92 Å². The molecule has 0 N–H and O–H groups in total. The molecule has 1 heteroatoms. The Morgan fingerprint density at radius 2 is 1.75 bits per heavy atom. The van der Waals surface area contributed by atoms with Gasteiger partial charge in [0.15, 0.2) is 0 Å². The summed E-state index contributed by atoms with van der Waals surface area (Å²) in [4.78, 5) is 0. The molecule has 1 saturated carbocycles. The van der Waals surface area contributed by atoms with Gasteiger partial charge in [0.05, 0.1) is 0 Å². The fourth-order valence-corrected chi connectivity index (χ4v) is 2.81. The predicted molar refractivity (Wildman–Crippen MR) is 86.7 cm³/mol. The van der Waals surface area contributed by atoms with Gasteiger partial charge in [0, 0.05) is 0 Å². The van der Waals surface area contributed by atoms with Crippen molar-refractivity contribution in [3.8, 4) is 5.75 Å². The van der Waals surface area contributed by atoms with Crippen molar-refractivity contribution in [2.45, 2.75) is 78.2 Å². The first-order valence-corrected chi connectivity index (χ1v) is 8.15. The zero-order valence-corrected chi connectivity index (χ0v) is 14.0. The van der Waals surface area contributed by atoms with Crippen LogP contribution in [0.4, 0.5) is 0 Å². The number of rotatable bonds is 5. The van der Waals surface area contributed by atoms with Crippen LogP contribution in [-0.4, -0.2) is 5.60 Å². The number of hydrogen-bond donors (Lipinski definition) is 0. The van der Waals surface area contributed by atoms with Gasteiger partial charge in [-0.15, -0.1) is 0 Å². The van der Waals surface area contributed by atoms with E-state index in [1.807, 2.05) is 0 Å². The van der Waals surface area contributed by atoms with Crippen LogP contribution in [-0.2, 0) is 0 Å². The number of benzene rings is 1. The first kappa shape index (κ1) is 15.4. The average molecular weight is 274 g/mol. The normalized spacial score (nSPS) is 18.7. The fourth-order valence-electron chi connectivity index (χ4n) is 2.81. The highest BCUT2D eigenvalue weighted by molar-refractivity contribution is 5.46. The monoisotopic (exact) mass is 274 g/mol. The van der Waals surface area contributed by atoms with Crippen molar-refractivity contribution < 1.29 is 4.74 Å². The lowest BCUT2D eigenvalue weighted by Crippen LogP contribution is -2.25. The van der Waals surface area contributed by atoms with Gasteiger partial charge in [0.1, 0.15) is 11.4 Å². The highest BCUT2D eigenvalue weighted by atomic mass is 16.5. The highest BCUT2D eigenvalue weighted by Gasteiger charge is 2.32. The molecule has 0 heterocycles. The third kappa shape index (κ3) is 3.56. The second-order valence-electron chi connectivity index (χ2n) is 7.42. The maximum atomic E-state index is 6.39. The van der Waals surface area contributed by atoms with Gasteiger partial charge in [-0.2, -0.15) is 0 Å². The molecule has 0 aromatic heterocycles. The average Bonchev–Trinajstić information content (AvgIpc) is 3.19. The van der Waals surface area contributed by atoms with Gasteiger partial charge in [0.25, 0.3) is 0 Å². The van der Waals surface area contributed by atoms with Crippen LogP contribution in [0.1, 0.15) is 83.8 Å². The van der Waals surface area contributed by atoms with Gasteiger partial charge in [-0.3, -0.25) is 0 Å². The van der Waals surface area contributed by atoms with E-state index in [-0.39, 0.29) is 5.60 Å². The zero-order chi connectivity index (χ0) is 14.9. The topological polar surface area (TPSA) is 9.23 Å². The molecule has 0 radical (unpaired) electrons. The second-order valence-corrected chi connectivity index (χ2v) is 7.42. The summed E-state index contributed by atoms with van der Waals surface area (Å²) in [6.07, 6.45) is 3.91. The molecule has 2 atom stereocenters. The van der Waals surface area contributed by atoms with Gasteiger partial charge in [-0.1, -0.05) is 39.0 Å². The first-order chi connectivity index (χ1) is 9.33. The van der Waals surface area contributed by atoms with Crippen molar-refractivity contribution in [1.29, 1.82) is 0 Å². The Hall–Kier alpha value is -0.980. The molecule has 20 heavy (non-hydrogen) atoms. The quantitative estimate of drug-likeness (QED) is 0.650. The minimum absolute atomic E-state index is 0.137. The largest absolute Gasteiger partial charge is 0.488 e. The highest BCUT2D eigenvalue weighted by Crippen LogP contribution is 2.47. The Morgan fingerprint density at radius 3 is 2.25 bits per heavy atom. The van der Waals surface area contributed by atoms with Crippen LogP contribution in [0.2, 0.25) is 0 Å². The lowest BCUT2D eigenvalue weighted by atomic mass is 9.89. The molecule has 1 aliphatic carbocycles. The molecule has 1 aromatic rings. The van der Waals surface area contributed by atoms with Crippen LogP contribution < -0.4 is 4.74 Å². The number of hydrogen-bond acceptors (Lipinski definition) is 1. The van der Waals surface area contributed by atoms with Crippen LogP contribution >= 0.6 is 0 Å². The maximum absolute atomic E-state index is 6.39. The molecular weight excluding hydrogens is 244 g/mol. The molecule has 0 amide bonds. The van der Waals surface area contributed by atoms with Crippen molar-refractivity contribution >= 4 is 0 Å². The summed E-state index contributed by atoms with van der Waals surface area (Å²) in [7, 11) is 0. The third-order valence-corrected chi connectivity index (χ3v) is 4.45. The lowest BCUT2D eigenvalue weighted by Gasteiger charge is -2.29. The molecule has 1 fully saturated rings. The lowest BCUT2D eigenvalue weighted by molar-refractivity contribution is 0.126. The van der Waals surface area contributed by atoms with Crippen molar-refractivity contribution in [2.24, 2.45) is 5.92 Å². The molecule has 112 valence electrons. The standard InChI is InChI=1S/C19H30O/c1-7-13(2)16-9-8-10-17(14(3)15-11-12-15)18(16)20-19(4,5)6/h8-10,13-15H,7,11-12H2,1-6H3/t13?,14-/m0/s1. The summed E-state index contributed by atoms with van der Waals surface area (Å²) >= 11 is 0. The van der Waals surface area contributed by atoms with E-state index in [1.165, 1.54) is 24.0 Å². The zero-order valence-electron chi connectivity index (χ0n) is 14.0. The van der Waals surface area contributed by atoms with Crippen molar-refractivity contribution in [3.63, 3.8) is 0 Å². The minimum atomic E-state index is -0.137. The summed E-state index contributed by atoms with van der Waals surface area (Å²) in [5.74, 6) is 3.20. The molecule has 2 rings (SSSR count). The van der Waals surface area contributed by atoms with Crippen LogP contribution in [0.5, 0.6) is 5.75 Å². The molecule has 0 saturated heterocycles. The van der Waals surface area contributed by atoms with Gasteiger partial charge >= 0.3 is 0 Å². The van der Waals surface area contributed by atoms with E-state index in [2.05, 4.69) is 59.7 Å². The van der Waals surface area contributed by atoms with Gasteiger partial charge in [0.2, 0.25) is 0 Å². The Labute approximate surface area is 124 Å². The summed E-state index contributed by atoms with van der Waals surface area (Å²) in [6.45, 7) is 13.4. The van der Waals surface area contributed by atoms with E-state index in [1.54, 1.807) is 0 Å². The van der Waals surface area contributed by atoms with E-state index in [4.69, 9.17) is 4.74 Å². The van der Waals surface area contributed by atoms with Crippen LogP contribution in [0.25, 0.3) is 0 Å². The molecule has 1 aromatic carbocycles. The van der Waals surface area contributed by atoms with Crippen molar-refractivity contribution in [3.05, 3.63) is 29.3 Å². The smallest absolute Gasteiger partial charge is 0.127 e. The molecule has 0 spiro atoms.